The molecule has 0 fully saturated rings. The highest BCUT2D eigenvalue weighted by Crippen LogP contribution is 2.29. The highest BCUT2D eigenvalue weighted by Gasteiger charge is 2.35. The van der Waals surface area contributed by atoms with Gasteiger partial charge in [-0.2, -0.15) is 13.2 Å². The molecule has 0 amide bonds. The SMILES string of the molecule is Nc1ccc(C(=O)OC2=C(O)C(=O)C(OC(=O)c3ccc(C(F)(F)F)cc3)=CC2=O)cc1. The maximum absolute atomic E-state index is 12.6. The number of alkyl halides is 3. The van der Waals surface area contributed by atoms with Gasteiger partial charge >= 0.3 is 18.1 Å². The molecule has 2 aromatic rings. The van der Waals surface area contributed by atoms with Crippen LogP contribution in [0.4, 0.5) is 18.9 Å². The number of ether oxygens (including phenoxy) is 2. The van der Waals surface area contributed by atoms with Crippen LogP contribution in [0.2, 0.25) is 0 Å². The summed E-state index contributed by atoms with van der Waals surface area (Å²) in [5.74, 6) is -7.97. The molecule has 0 radical (unpaired) electrons. The van der Waals surface area contributed by atoms with Gasteiger partial charge in [-0.1, -0.05) is 0 Å². The van der Waals surface area contributed by atoms with Crippen molar-refractivity contribution < 1.29 is 46.9 Å². The molecule has 32 heavy (non-hydrogen) atoms. The molecule has 0 aliphatic heterocycles. The summed E-state index contributed by atoms with van der Waals surface area (Å²) in [6, 6.07) is 8.24. The number of Topliss-reactive ketones (excluding diaryl/α,β-unsaturated/α-hetero) is 1. The van der Waals surface area contributed by atoms with Gasteiger partial charge < -0.3 is 20.3 Å². The normalized spacial score (nSPS) is 14.2. The number of allylic oxidation sites excluding steroid dienone is 1. The molecule has 0 heterocycles. The Morgan fingerprint density at radius 1 is 0.844 bits per heavy atom. The average Bonchev–Trinajstić information content (AvgIpc) is 2.74. The summed E-state index contributed by atoms with van der Waals surface area (Å²) < 4.78 is 47.3. The van der Waals surface area contributed by atoms with E-state index in [1.54, 1.807) is 0 Å². The van der Waals surface area contributed by atoms with Crippen molar-refractivity contribution in [3.05, 3.63) is 88.6 Å². The van der Waals surface area contributed by atoms with Crippen LogP contribution >= 0.6 is 0 Å². The first-order valence-electron chi connectivity index (χ1n) is 8.68. The number of ketones is 2. The van der Waals surface area contributed by atoms with E-state index in [0.29, 0.717) is 23.9 Å². The topological polar surface area (TPSA) is 133 Å². The smallest absolute Gasteiger partial charge is 0.416 e. The summed E-state index contributed by atoms with van der Waals surface area (Å²) in [6.07, 6.45) is -4.11. The van der Waals surface area contributed by atoms with E-state index >= 15 is 0 Å². The molecule has 2 aromatic carbocycles. The van der Waals surface area contributed by atoms with Crippen molar-refractivity contribution in [2.45, 2.75) is 6.18 Å². The standard InChI is InChI=1S/C21H12F3NO7/c22-21(23,24)12-5-1-10(2-6-12)19(29)31-15-9-14(26)18(17(28)16(15)27)32-20(30)11-3-7-13(25)8-4-11/h1-9,28H,25H2. The Bertz CT molecular complexity index is 1180. The maximum Gasteiger partial charge on any atom is 0.416 e. The second-order valence-electron chi connectivity index (χ2n) is 6.36. The Kier molecular flexibility index (Phi) is 5.83. The van der Waals surface area contributed by atoms with Crippen LogP contribution in [0.25, 0.3) is 0 Å². The molecular weight excluding hydrogens is 435 g/mol. The van der Waals surface area contributed by atoms with E-state index in [1.165, 1.54) is 24.3 Å². The van der Waals surface area contributed by atoms with Gasteiger partial charge in [0.2, 0.25) is 17.3 Å². The van der Waals surface area contributed by atoms with Gasteiger partial charge in [-0.15, -0.1) is 0 Å². The van der Waals surface area contributed by atoms with Gasteiger partial charge in [0, 0.05) is 11.8 Å². The van der Waals surface area contributed by atoms with Gasteiger partial charge in [-0.05, 0) is 48.5 Å². The summed E-state index contributed by atoms with van der Waals surface area (Å²) in [7, 11) is 0. The van der Waals surface area contributed by atoms with E-state index in [4.69, 9.17) is 15.2 Å². The minimum absolute atomic E-state index is 0.0248. The van der Waals surface area contributed by atoms with Crippen LogP contribution in [0, 0.1) is 0 Å². The fourth-order valence-corrected chi connectivity index (χ4v) is 2.49. The van der Waals surface area contributed by atoms with E-state index in [9.17, 15) is 37.5 Å². The van der Waals surface area contributed by atoms with Gasteiger partial charge in [0.15, 0.2) is 5.76 Å². The monoisotopic (exact) mass is 447 g/mol. The van der Waals surface area contributed by atoms with Crippen molar-refractivity contribution in [3.63, 3.8) is 0 Å². The van der Waals surface area contributed by atoms with Crippen molar-refractivity contribution in [1.82, 2.24) is 0 Å². The lowest BCUT2D eigenvalue weighted by Gasteiger charge is -2.15. The van der Waals surface area contributed by atoms with Gasteiger partial charge in [-0.25, -0.2) is 9.59 Å². The first kappa shape index (κ1) is 22.3. The number of aliphatic hydroxyl groups is 1. The predicted octanol–water partition coefficient (Wildman–Crippen LogP) is 3.11. The quantitative estimate of drug-likeness (QED) is 0.415. The molecule has 11 heteroatoms. The van der Waals surface area contributed by atoms with Gasteiger partial charge in [0.05, 0.1) is 16.7 Å². The molecular formula is C21H12F3NO7. The van der Waals surface area contributed by atoms with Crippen LogP contribution in [0.3, 0.4) is 0 Å². The van der Waals surface area contributed by atoms with Crippen LogP contribution in [0.5, 0.6) is 0 Å². The predicted molar refractivity (Wildman–Crippen MR) is 101 cm³/mol. The number of aliphatic hydroxyl groups excluding tert-OH is 1. The Hall–Kier alpha value is -4.41. The molecule has 3 N–H and O–H groups in total. The van der Waals surface area contributed by atoms with Crippen molar-refractivity contribution >= 4 is 29.2 Å². The molecule has 0 unspecified atom stereocenters. The minimum atomic E-state index is -4.62. The molecule has 0 atom stereocenters. The van der Waals surface area contributed by atoms with Crippen LogP contribution in [0.1, 0.15) is 26.3 Å². The zero-order valence-corrected chi connectivity index (χ0v) is 15.8. The second kappa shape index (κ2) is 8.38. The Morgan fingerprint density at radius 2 is 1.34 bits per heavy atom. The third-order valence-electron chi connectivity index (χ3n) is 4.13. The average molecular weight is 447 g/mol. The van der Waals surface area contributed by atoms with E-state index in [2.05, 4.69) is 0 Å². The van der Waals surface area contributed by atoms with Gasteiger partial charge in [-0.3, -0.25) is 9.59 Å². The first-order valence-corrected chi connectivity index (χ1v) is 8.68. The number of anilines is 1. The number of esters is 2. The lowest BCUT2D eigenvalue weighted by Crippen LogP contribution is -2.25. The largest absolute Gasteiger partial charge is 0.501 e. The zero-order chi connectivity index (χ0) is 23.6. The number of carbonyl (C=O) groups excluding carboxylic acids is 4. The van der Waals surface area contributed by atoms with Gasteiger partial charge in [0.1, 0.15) is 0 Å². The fraction of sp³-hybridized carbons (Fsp3) is 0.0476. The number of nitrogen functional groups attached to an aromatic ring is 1. The number of hydrogen-bond acceptors (Lipinski definition) is 8. The summed E-state index contributed by atoms with van der Waals surface area (Å²) in [5, 5.41) is 9.98. The molecule has 0 spiro atoms. The highest BCUT2D eigenvalue weighted by atomic mass is 19.4. The molecule has 0 aromatic heterocycles. The minimum Gasteiger partial charge on any atom is -0.501 e. The van der Waals surface area contributed by atoms with Crippen molar-refractivity contribution in [2.24, 2.45) is 0 Å². The zero-order valence-electron chi connectivity index (χ0n) is 15.8. The van der Waals surface area contributed by atoms with E-state index in [1.807, 2.05) is 0 Å². The molecule has 1 aliphatic rings. The number of hydrogen-bond donors (Lipinski definition) is 2. The van der Waals surface area contributed by atoms with E-state index in [0.717, 1.165) is 12.1 Å². The number of benzene rings is 2. The molecule has 0 saturated heterocycles. The lowest BCUT2D eigenvalue weighted by atomic mass is 10.1. The molecule has 1 aliphatic carbocycles. The summed E-state index contributed by atoms with van der Waals surface area (Å²) >= 11 is 0. The van der Waals surface area contributed by atoms with Crippen LogP contribution in [-0.4, -0.2) is 28.6 Å². The van der Waals surface area contributed by atoms with E-state index < -0.39 is 52.5 Å². The number of rotatable bonds is 4. The molecule has 164 valence electrons. The summed E-state index contributed by atoms with van der Waals surface area (Å²) in [5.41, 5.74) is 4.48. The Balaban J connectivity index is 1.74. The fourth-order valence-electron chi connectivity index (χ4n) is 2.49. The number of nitrogens with two attached hydrogens (primary N) is 1. The first-order chi connectivity index (χ1) is 15.0. The lowest BCUT2D eigenvalue weighted by molar-refractivity contribution is -0.137. The molecule has 8 nitrogen and oxygen atoms in total. The van der Waals surface area contributed by atoms with E-state index in [-0.39, 0.29) is 11.1 Å². The number of carbonyl (C=O) groups is 4. The molecule has 3 rings (SSSR count). The Labute approximate surface area is 177 Å². The van der Waals surface area contributed by atoms with Crippen molar-refractivity contribution in [1.29, 1.82) is 0 Å². The van der Waals surface area contributed by atoms with Crippen LogP contribution in [0.15, 0.2) is 71.9 Å². The summed E-state index contributed by atoms with van der Waals surface area (Å²) in [6.45, 7) is 0. The molecule has 0 bridgehead atoms. The second-order valence-corrected chi connectivity index (χ2v) is 6.36. The number of halogens is 3. The van der Waals surface area contributed by atoms with Crippen LogP contribution < -0.4 is 5.73 Å². The Morgan fingerprint density at radius 3 is 1.88 bits per heavy atom. The highest BCUT2D eigenvalue weighted by molar-refractivity contribution is 6.21. The summed E-state index contributed by atoms with van der Waals surface area (Å²) in [4.78, 5) is 48.6. The molecule has 0 saturated carbocycles. The third-order valence-corrected chi connectivity index (χ3v) is 4.13. The van der Waals surface area contributed by atoms with Crippen molar-refractivity contribution in [3.8, 4) is 0 Å². The van der Waals surface area contributed by atoms with Crippen molar-refractivity contribution in [2.75, 3.05) is 5.73 Å². The van der Waals surface area contributed by atoms with Crippen LogP contribution in [-0.2, 0) is 25.2 Å². The maximum atomic E-state index is 12.6. The third kappa shape index (κ3) is 4.67. The van der Waals surface area contributed by atoms with Gasteiger partial charge in [0.25, 0.3) is 5.78 Å².